The summed E-state index contributed by atoms with van der Waals surface area (Å²) in [5.41, 5.74) is 7.16. The minimum Gasteiger partial charge on any atom is -0.494 e. The molecule has 0 saturated carbocycles. The Hall–Kier alpha value is -2.45. The molecule has 1 heterocycles. The Labute approximate surface area is 158 Å². The molecule has 1 atom stereocenters. The van der Waals surface area contributed by atoms with Crippen molar-refractivity contribution in [3.8, 4) is 11.8 Å². The SMILES string of the molecule is CCOc1ccc(Cl)cc1[C@@H]1C(C#N)=C(N)OC2=C1C(=O)CC(C)(C)C2. The summed E-state index contributed by atoms with van der Waals surface area (Å²) in [4.78, 5) is 13.0. The number of nitrogens with two attached hydrogens (primary N) is 1. The van der Waals surface area contributed by atoms with Crippen molar-refractivity contribution in [1.29, 1.82) is 5.26 Å². The molecule has 0 bridgehead atoms. The van der Waals surface area contributed by atoms with Crippen molar-refractivity contribution in [3.05, 3.63) is 51.6 Å². The minimum atomic E-state index is -0.632. The maximum absolute atomic E-state index is 13.0. The third kappa shape index (κ3) is 3.17. The molecule has 6 heteroatoms. The van der Waals surface area contributed by atoms with Gasteiger partial charge in [-0.3, -0.25) is 4.79 Å². The van der Waals surface area contributed by atoms with Crippen LogP contribution in [0.25, 0.3) is 0 Å². The topological polar surface area (TPSA) is 85.3 Å². The molecule has 2 N–H and O–H groups in total. The highest BCUT2D eigenvalue weighted by Gasteiger charge is 2.43. The fourth-order valence-corrected chi connectivity index (χ4v) is 3.81. The van der Waals surface area contributed by atoms with E-state index in [2.05, 4.69) is 6.07 Å². The highest BCUT2D eigenvalue weighted by molar-refractivity contribution is 6.30. The summed E-state index contributed by atoms with van der Waals surface area (Å²) in [7, 11) is 0. The molecule has 0 saturated heterocycles. The summed E-state index contributed by atoms with van der Waals surface area (Å²) in [5.74, 6) is 0.477. The number of rotatable bonds is 3. The zero-order chi connectivity index (χ0) is 19.1. The van der Waals surface area contributed by atoms with E-state index in [0.717, 1.165) is 0 Å². The van der Waals surface area contributed by atoms with Gasteiger partial charge in [0.15, 0.2) is 5.78 Å². The third-order valence-corrected chi connectivity index (χ3v) is 4.89. The first-order valence-corrected chi connectivity index (χ1v) is 8.91. The van der Waals surface area contributed by atoms with Gasteiger partial charge in [0.2, 0.25) is 5.88 Å². The van der Waals surface area contributed by atoms with E-state index in [9.17, 15) is 10.1 Å². The third-order valence-electron chi connectivity index (χ3n) is 4.66. The van der Waals surface area contributed by atoms with Crippen LogP contribution in [0.5, 0.6) is 5.75 Å². The van der Waals surface area contributed by atoms with Gasteiger partial charge in [-0.2, -0.15) is 5.26 Å². The molecular formula is C20H21ClN2O3. The number of allylic oxidation sites excluding steroid dienone is 3. The standard InChI is InChI=1S/C20H21ClN2O3/c1-4-25-15-6-5-11(21)7-12(15)17-13(10-22)19(23)26-16-9-20(2,3)8-14(24)18(16)17/h5-7,17H,4,8-9,23H2,1-3H3/t17-/m1/s1. The second-order valence-corrected chi connectivity index (χ2v) is 7.75. The van der Waals surface area contributed by atoms with E-state index in [1.165, 1.54) is 0 Å². The molecule has 1 aromatic rings. The number of carbonyl (C=O) groups excluding carboxylic acids is 1. The van der Waals surface area contributed by atoms with Crippen LogP contribution in [0.2, 0.25) is 5.02 Å². The van der Waals surface area contributed by atoms with E-state index in [1.807, 2.05) is 20.8 Å². The summed E-state index contributed by atoms with van der Waals surface area (Å²) in [5, 5.41) is 10.2. The van der Waals surface area contributed by atoms with Crippen LogP contribution < -0.4 is 10.5 Å². The van der Waals surface area contributed by atoms with Gasteiger partial charge in [-0.25, -0.2) is 0 Å². The van der Waals surface area contributed by atoms with Gasteiger partial charge in [0, 0.05) is 29.0 Å². The predicted molar refractivity (Wildman–Crippen MR) is 98.3 cm³/mol. The number of hydrogen-bond acceptors (Lipinski definition) is 5. The first kappa shape index (κ1) is 18.3. The molecule has 136 valence electrons. The van der Waals surface area contributed by atoms with Gasteiger partial charge in [0.05, 0.1) is 12.5 Å². The van der Waals surface area contributed by atoms with Crippen LogP contribution in [0.3, 0.4) is 0 Å². The Morgan fingerprint density at radius 3 is 2.81 bits per heavy atom. The highest BCUT2D eigenvalue weighted by atomic mass is 35.5. The molecule has 0 amide bonds. The summed E-state index contributed by atoms with van der Waals surface area (Å²) < 4.78 is 11.4. The number of Topliss-reactive ketones (excluding diaryl/α,β-unsaturated/α-hetero) is 1. The van der Waals surface area contributed by atoms with Crippen LogP contribution in [0, 0.1) is 16.7 Å². The Kier molecular flexibility index (Phi) is 4.72. The van der Waals surface area contributed by atoms with Gasteiger partial charge in [-0.15, -0.1) is 0 Å². The molecule has 2 aliphatic rings. The molecular weight excluding hydrogens is 352 g/mol. The fraction of sp³-hybridized carbons (Fsp3) is 0.400. The molecule has 0 spiro atoms. The normalized spacial score (nSPS) is 21.8. The highest BCUT2D eigenvalue weighted by Crippen LogP contribution is 2.49. The largest absolute Gasteiger partial charge is 0.494 e. The van der Waals surface area contributed by atoms with Gasteiger partial charge < -0.3 is 15.2 Å². The van der Waals surface area contributed by atoms with E-state index in [1.54, 1.807) is 18.2 Å². The van der Waals surface area contributed by atoms with E-state index < -0.39 is 5.92 Å². The summed E-state index contributed by atoms with van der Waals surface area (Å²) in [6.07, 6.45) is 0.962. The monoisotopic (exact) mass is 372 g/mol. The molecule has 1 aliphatic heterocycles. The van der Waals surface area contributed by atoms with Gasteiger partial charge in [-0.05, 0) is 30.5 Å². The number of nitriles is 1. The number of ether oxygens (including phenoxy) is 2. The molecule has 5 nitrogen and oxygen atoms in total. The summed E-state index contributed by atoms with van der Waals surface area (Å²) >= 11 is 6.20. The van der Waals surface area contributed by atoms with Crippen molar-refractivity contribution >= 4 is 17.4 Å². The molecule has 0 radical (unpaired) electrons. The van der Waals surface area contributed by atoms with Gasteiger partial charge in [-0.1, -0.05) is 25.4 Å². The lowest BCUT2D eigenvalue weighted by molar-refractivity contribution is -0.119. The van der Waals surface area contributed by atoms with E-state index in [4.69, 9.17) is 26.8 Å². The number of ketones is 1. The lowest BCUT2D eigenvalue weighted by atomic mass is 9.70. The second-order valence-electron chi connectivity index (χ2n) is 7.32. The maximum atomic E-state index is 13.0. The van der Waals surface area contributed by atoms with Gasteiger partial charge in [0.25, 0.3) is 0 Å². The second kappa shape index (κ2) is 6.69. The zero-order valence-electron chi connectivity index (χ0n) is 15.1. The van der Waals surface area contributed by atoms with Crippen LogP contribution >= 0.6 is 11.6 Å². The summed E-state index contributed by atoms with van der Waals surface area (Å²) in [6, 6.07) is 7.30. The average molecular weight is 373 g/mol. The van der Waals surface area contributed by atoms with Gasteiger partial charge >= 0.3 is 0 Å². The Bertz CT molecular complexity index is 878. The van der Waals surface area contributed by atoms with Crippen LogP contribution in [0.4, 0.5) is 0 Å². The molecule has 1 aliphatic carbocycles. The van der Waals surface area contributed by atoms with Crippen molar-refractivity contribution in [2.45, 2.75) is 39.5 Å². The minimum absolute atomic E-state index is 0.0316. The first-order chi connectivity index (χ1) is 12.3. The number of benzene rings is 1. The van der Waals surface area contributed by atoms with E-state index in [-0.39, 0.29) is 22.7 Å². The van der Waals surface area contributed by atoms with E-state index in [0.29, 0.717) is 47.1 Å². The van der Waals surface area contributed by atoms with Crippen LogP contribution in [0.1, 0.15) is 45.1 Å². The molecule has 0 aromatic heterocycles. The van der Waals surface area contributed by atoms with Crippen molar-refractivity contribution in [3.63, 3.8) is 0 Å². The van der Waals surface area contributed by atoms with Crippen molar-refractivity contribution < 1.29 is 14.3 Å². The predicted octanol–water partition coefficient (Wildman–Crippen LogP) is 4.19. The zero-order valence-corrected chi connectivity index (χ0v) is 15.8. The van der Waals surface area contributed by atoms with Crippen molar-refractivity contribution in [1.82, 2.24) is 0 Å². The number of halogens is 1. The molecule has 26 heavy (non-hydrogen) atoms. The maximum Gasteiger partial charge on any atom is 0.205 e. The quantitative estimate of drug-likeness (QED) is 0.859. The molecule has 0 fully saturated rings. The lowest BCUT2D eigenvalue weighted by Crippen LogP contribution is -2.33. The van der Waals surface area contributed by atoms with Gasteiger partial charge in [0.1, 0.15) is 23.2 Å². The first-order valence-electron chi connectivity index (χ1n) is 8.53. The molecule has 0 unspecified atom stereocenters. The fourth-order valence-electron chi connectivity index (χ4n) is 3.63. The number of nitrogens with zero attached hydrogens (tertiary/aromatic N) is 1. The summed E-state index contributed by atoms with van der Waals surface area (Å²) in [6.45, 7) is 6.35. The van der Waals surface area contributed by atoms with Crippen LogP contribution in [-0.2, 0) is 9.53 Å². The van der Waals surface area contributed by atoms with Crippen LogP contribution in [0.15, 0.2) is 41.0 Å². The molecule has 3 rings (SSSR count). The number of carbonyl (C=O) groups is 1. The Balaban J connectivity index is 2.24. The van der Waals surface area contributed by atoms with Crippen LogP contribution in [-0.4, -0.2) is 12.4 Å². The average Bonchev–Trinajstić information content (AvgIpc) is 2.54. The van der Waals surface area contributed by atoms with E-state index >= 15 is 0 Å². The Morgan fingerprint density at radius 1 is 1.42 bits per heavy atom. The smallest absolute Gasteiger partial charge is 0.205 e. The number of hydrogen-bond donors (Lipinski definition) is 1. The Morgan fingerprint density at radius 2 is 2.15 bits per heavy atom. The van der Waals surface area contributed by atoms with Crippen molar-refractivity contribution in [2.75, 3.05) is 6.61 Å². The molecule has 1 aromatic carbocycles. The van der Waals surface area contributed by atoms with Crippen molar-refractivity contribution in [2.24, 2.45) is 11.1 Å². The lowest BCUT2D eigenvalue weighted by Gasteiger charge is -2.37.